The fourth-order valence-electron chi connectivity index (χ4n) is 1.18. The summed E-state index contributed by atoms with van der Waals surface area (Å²) in [5.41, 5.74) is 0. The van der Waals surface area contributed by atoms with Gasteiger partial charge in [0.2, 0.25) is 0 Å². The summed E-state index contributed by atoms with van der Waals surface area (Å²) in [7, 11) is 2.14. The summed E-state index contributed by atoms with van der Waals surface area (Å²) in [6.45, 7) is 6.10. The van der Waals surface area contributed by atoms with Crippen LogP contribution in [0.1, 0.15) is 6.42 Å². The molecule has 1 fully saturated rings. The molecule has 0 aromatic carbocycles. The van der Waals surface area contributed by atoms with Gasteiger partial charge in [0.15, 0.2) is 0 Å². The van der Waals surface area contributed by atoms with Gasteiger partial charge in [-0.3, -0.25) is 0 Å². The van der Waals surface area contributed by atoms with Crippen LogP contribution < -0.4 is 5.32 Å². The zero-order valence-electron chi connectivity index (χ0n) is 7.31. The van der Waals surface area contributed by atoms with Crippen molar-refractivity contribution >= 4 is 0 Å². The molecule has 0 unspecified atom stereocenters. The second-order valence-electron chi connectivity index (χ2n) is 3.02. The van der Waals surface area contributed by atoms with Crippen molar-refractivity contribution in [3.63, 3.8) is 0 Å². The molecule has 1 aliphatic rings. The molecule has 3 heteroatoms. The second-order valence-corrected chi connectivity index (χ2v) is 3.02. The first-order valence-corrected chi connectivity index (χ1v) is 4.36. The first-order valence-electron chi connectivity index (χ1n) is 4.36. The highest BCUT2D eigenvalue weighted by Gasteiger charge is 1.99. The minimum atomic E-state index is 0.855. The van der Waals surface area contributed by atoms with Crippen molar-refractivity contribution in [1.82, 2.24) is 10.2 Å². The van der Waals surface area contributed by atoms with E-state index in [0.29, 0.717) is 0 Å². The SMILES string of the molecule is CN1CCCNCCOCC1. The Bertz CT molecular complexity index is 88.1. The largest absolute Gasteiger partial charge is 0.379 e. The summed E-state index contributed by atoms with van der Waals surface area (Å²) >= 11 is 0. The van der Waals surface area contributed by atoms with Gasteiger partial charge in [0.05, 0.1) is 13.2 Å². The zero-order valence-corrected chi connectivity index (χ0v) is 7.31. The van der Waals surface area contributed by atoms with Crippen molar-refractivity contribution in [2.24, 2.45) is 0 Å². The van der Waals surface area contributed by atoms with Crippen molar-refractivity contribution in [1.29, 1.82) is 0 Å². The summed E-state index contributed by atoms with van der Waals surface area (Å²) in [5.74, 6) is 0. The van der Waals surface area contributed by atoms with Crippen molar-refractivity contribution in [3.8, 4) is 0 Å². The molecule has 3 nitrogen and oxygen atoms in total. The van der Waals surface area contributed by atoms with Gasteiger partial charge < -0.3 is 15.0 Å². The molecule has 0 amide bonds. The number of rotatable bonds is 0. The molecule has 1 heterocycles. The van der Waals surface area contributed by atoms with Crippen LogP contribution in [0.15, 0.2) is 0 Å². The molecule has 0 aromatic heterocycles. The Morgan fingerprint density at radius 1 is 1.18 bits per heavy atom. The van der Waals surface area contributed by atoms with Crippen molar-refractivity contribution in [2.45, 2.75) is 6.42 Å². The lowest BCUT2D eigenvalue weighted by Crippen LogP contribution is -2.31. The quantitative estimate of drug-likeness (QED) is 0.534. The molecule has 0 bridgehead atoms. The van der Waals surface area contributed by atoms with Gasteiger partial charge in [-0.15, -0.1) is 0 Å². The van der Waals surface area contributed by atoms with Gasteiger partial charge in [-0.05, 0) is 26.6 Å². The standard InChI is InChI=1S/C8H18N2O/c1-10-5-2-3-9-4-7-11-8-6-10/h9H,2-8H2,1H3. The molecule has 0 spiro atoms. The normalized spacial score (nSPS) is 24.8. The van der Waals surface area contributed by atoms with Crippen LogP contribution in [0.2, 0.25) is 0 Å². The number of likely N-dealkylation sites (N-methyl/N-ethyl adjacent to an activating group) is 1. The molecule has 0 atom stereocenters. The highest BCUT2D eigenvalue weighted by atomic mass is 16.5. The van der Waals surface area contributed by atoms with Gasteiger partial charge in [-0.2, -0.15) is 0 Å². The molecular formula is C8H18N2O. The van der Waals surface area contributed by atoms with E-state index in [-0.39, 0.29) is 0 Å². The lowest BCUT2D eigenvalue weighted by molar-refractivity contribution is 0.108. The molecule has 1 aliphatic heterocycles. The lowest BCUT2D eigenvalue weighted by Gasteiger charge is -2.18. The number of nitrogens with one attached hydrogen (secondary N) is 1. The van der Waals surface area contributed by atoms with Gasteiger partial charge >= 0.3 is 0 Å². The van der Waals surface area contributed by atoms with Crippen LogP contribution >= 0.6 is 0 Å². The Morgan fingerprint density at radius 3 is 3.00 bits per heavy atom. The van der Waals surface area contributed by atoms with Crippen LogP contribution in [0.5, 0.6) is 0 Å². The Kier molecular flexibility index (Phi) is 4.50. The van der Waals surface area contributed by atoms with E-state index in [1.807, 2.05) is 0 Å². The number of hydrogen-bond donors (Lipinski definition) is 1. The maximum absolute atomic E-state index is 5.38. The Hall–Kier alpha value is -0.120. The summed E-state index contributed by atoms with van der Waals surface area (Å²) < 4.78 is 5.38. The maximum Gasteiger partial charge on any atom is 0.0593 e. The van der Waals surface area contributed by atoms with Crippen LogP contribution in [-0.2, 0) is 4.74 Å². The zero-order chi connectivity index (χ0) is 7.94. The van der Waals surface area contributed by atoms with E-state index < -0.39 is 0 Å². The summed E-state index contributed by atoms with van der Waals surface area (Å²) in [6, 6.07) is 0. The average molecular weight is 158 g/mol. The van der Waals surface area contributed by atoms with Gasteiger partial charge in [-0.1, -0.05) is 0 Å². The van der Waals surface area contributed by atoms with Crippen molar-refractivity contribution in [2.75, 3.05) is 46.4 Å². The number of nitrogens with zero attached hydrogens (tertiary/aromatic N) is 1. The molecule has 66 valence electrons. The van der Waals surface area contributed by atoms with E-state index in [1.165, 1.54) is 13.0 Å². The number of hydrogen-bond acceptors (Lipinski definition) is 3. The van der Waals surface area contributed by atoms with E-state index in [9.17, 15) is 0 Å². The van der Waals surface area contributed by atoms with E-state index in [0.717, 1.165) is 32.8 Å². The van der Waals surface area contributed by atoms with Crippen LogP contribution in [0.25, 0.3) is 0 Å². The molecule has 0 aromatic rings. The first kappa shape index (κ1) is 8.97. The van der Waals surface area contributed by atoms with E-state index >= 15 is 0 Å². The third-order valence-electron chi connectivity index (χ3n) is 1.93. The molecule has 11 heavy (non-hydrogen) atoms. The maximum atomic E-state index is 5.38. The fourth-order valence-corrected chi connectivity index (χ4v) is 1.18. The summed E-state index contributed by atoms with van der Waals surface area (Å²) in [4.78, 5) is 2.31. The van der Waals surface area contributed by atoms with Gasteiger partial charge in [0.1, 0.15) is 0 Å². The fraction of sp³-hybridized carbons (Fsp3) is 1.00. The van der Waals surface area contributed by atoms with Crippen LogP contribution in [0.3, 0.4) is 0 Å². The first-order chi connectivity index (χ1) is 5.39. The monoisotopic (exact) mass is 158 g/mol. The van der Waals surface area contributed by atoms with Gasteiger partial charge in [0.25, 0.3) is 0 Å². The van der Waals surface area contributed by atoms with E-state index in [1.54, 1.807) is 0 Å². The third kappa shape index (κ3) is 4.35. The highest BCUT2D eigenvalue weighted by Crippen LogP contribution is 1.88. The van der Waals surface area contributed by atoms with Gasteiger partial charge in [-0.25, -0.2) is 0 Å². The van der Waals surface area contributed by atoms with E-state index in [2.05, 4.69) is 17.3 Å². The molecular weight excluding hydrogens is 140 g/mol. The lowest BCUT2D eigenvalue weighted by atomic mass is 10.4. The average Bonchev–Trinajstić information content (AvgIpc) is 2.03. The molecule has 1 N–H and O–H groups in total. The predicted octanol–water partition coefficient (Wildman–Crippen LogP) is -0.0719. The summed E-state index contributed by atoms with van der Waals surface area (Å²) in [5, 5.41) is 3.32. The minimum Gasteiger partial charge on any atom is -0.379 e. The predicted molar refractivity (Wildman–Crippen MR) is 45.8 cm³/mol. The van der Waals surface area contributed by atoms with Crippen LogP contribution in [0.4, 0.5) is 0 Å². The van der Waals surface area contributed by atoms with Crippen molar-refractivity contribution < 1.29 is 4.74 Å². The van der Waals surface area contributed by atoms with E-state index in [4.69, 9.17) is 4.74 Å². The second kappa shape index (κ2) is 5.52. The minimum absolute atomic E-state index is 0.855. The summed E-state index contributed by atoms with van der Waals surface area (Å²) in [6.07, 6.45) is 1.25. The Balaban J connectivity index is 2.12. The molecule has 0 aliphatic carbocycles. The third-order valence-corrected chi connectivity index (χ3v) is 1.93. The molecule has 0 radical (unpaired) electrons. The van der Waals surface area contributed by atoms with Gasteiger partial charge in [0, 0.05) is 13.1 Å². The van der Waals surface area contributed by atoms with Crippen LogP contribution in [0, 0.1) is 0 Å². The Labute approximate surface area is 68.7 Å². The van der Waals surface area contributed by atoms with Crippen molar-refractivity contribution in [3.05, 3.63) is 0 Å². The van der Waals surface area contributed by atoms with Crippen LogP contribution in [-0.4, -0.2) is 51.3 Å². The highest BCUT2D eigenvalue weighted by molar-refractivity contribution is 4.56. The smallest absolute Gasteiger partial charge is 0.0593 e. The molecule has 1 rings (SSSR count). The Morgan fingerprint density at radius 2 is 2.09 bits per heavy atom. The molecule has 1 saturated heterocycles. The molecule has 0 saturated carbocycles. The number of ether oxygens (including phenoxy) is 1. The topological polar surface area (TPSA) is 24.5 Å².